The van der Waals surface area contributed by atoms with Crippen molar-refractivity contribution < 1.29 is 19.1 Å². The van der Waals surface area contributed by atoms with Gasteiger partial charge >= 0.3 is 6.09 Å². The molecule has 0 aliphatic heterocycles. The summed E-state index contributed by atoms with van der Waals surface area (Å²) in [6.45, 7) is 5.48. The van der Waals surface area contributed by atoms with Crippen molar-refractivity contribution in [3.8, 4) is 0 Å². The normalized spacial score (nSPS) is 10.8. The second-order valence-corrected chi connectivity index (χ2v) is 7.86. The van der Waals surface area contributed by atoms with Gasteiger partial charge in [0.2, 0.25) is 11.8 Å². The summed E-state index contributed by atoms with van der Waals surface area (Å²) in [5.41, 5.74) is 2.04. The SMILES string of the molecule is CC(C)(C)OC(=O)NCC(=O)Nc1ccc(CNC(=O)CCc2ccccc2)cc1. The molecule has 30 heavy (non-hydrogen) atoms. The minimum absolute atomic E-state index is 0.00977. The molecule has 2 aromatic rings. The molecule has 0 aliphatic carbocycles. The Kier molecular flexibility index (Phi) is 8.41. The summed E-state index contributed by atoms with van der Waals surface area (Å²) in [5.74, 6) is -0.368. The Balaban J connectivity index is 1.69. The Morgan fingerprint density at radius 1 is 0.833 bits per heavy atom. The minimum Gasteiger partial charge on any atom is -0.444 e. The van der Waals surface area contributed by atoms with Crippen LogP contribution in [0.15, 0.2) is 54.6 Å². The van der Waals surface area contributed by atoms with Crippen LogP contribution in [0, 0.1) is 0 Å². The second kappa shape index (κ2) is 11.0. The van der Waals surface area contributed by atoms with E-state index in [9.17, 15) is 14.4 Å². The van der Waals surface area contributed by atoms with Gasteiger partial charge in [-0.2, -0.15) is 0 Å². The number of carbonyl (C=O) groups excluding carboxylic acids is 3. The van der Waals surface area contributed by atoms with Gasteiger partial charge in [-0.1, -0.05) is 42.5 Å². The fraction of sp³-hybridized carbons (Fsp3) is 0.348. The largest absolute Gasteiger partial charge is 0.444 e. The predicted molar refractivity (Wildman–Crippen MR) is 116 cm³/mol. The Morgan fingerprint density at radius 3 is 2.13 bits per heavy atom. The van der Waals surface area contributed by atoms with Crippen molar-refractivity contribution >= 4 is 23.6 Å². The van der Waals surface area contributed by atoms with E-state index >= 15 is 0 Å². The van der Waals surface area contributed by atoms with E-state index in [1.54, 1.807) is 32.9 Å². The van der Waals surface area contributed by atoms with E-state index in [0.717, 1.165) is 11.1 Å². The quantitative estimate of drug-likeness (QED) is 0.620. The van der Waals surface area contributed by atoms with Crippen LogP contribution in [0.25, 0.3) is 0 Å². The maximum atomic E-state index is 12.0. The van der Waals surface area contributed by atoms with Gasteiger partial charge in [-0.25, -0.2) is 4.79 Å². The number of aryl methyl sites for hydroxylation is 1. The maximum absolute atomic E-state index is 12.0. The molecule has 3 amide bonds. The fourth-order valence-corrected chi connectivity index (χ4v) is 2.57. The van der Waals surface area contributed by atoms with Gasteiger partial charge in [0, 0.05) is 18.7 Å². The number of nitrogens with one attached hydrogen (secondary N) is 3. The van der Waals surface area contributed by atoms with Gasteiger partial charge in [0.05, 0.1) is 0 Å². The molecule has 2 aromatic carbocycles. The van der Waals surface area contributed by atoms with Crippen molar-refractivity contribution in [2.45, 2.75) is 45.8 Å². The monoisotopic (exact) mass is 411 g/mol. The summed E-state index contributed by atoms with van der Waals surface area (Å²) in [6, 6.07) is 17.0. The van der Waals surface area contributed by atoms with Crippen molar-refractivity contribution in [1.82, 2.24) is 10.6 Å². The van der Waals surface area contributed by atoms with Crippen LogP contribution in [-0.4, -0.2) is 30.1 Å². The number of alkyl carbamates (subject to hydrolysis) is 1. The van der Waals surface area contributed by atoms with Gasteiger partial charge < -0.3 is 20.7 Å². The molecular weight excluding hydrogens is 382 g/mol. The van der Waals surface area contributed by atoms with Crippen LogP contribution in [0.3, 0.4) is 0 Å². The van der Waals surface area contributed by atoms with E-state index in [0.29, 0.717) is 25.1 Å². The molecule has 0 heterocycles. The van der Waals surface area contributed by atoms with Crippen LogP contribution in [0.5, 0.6) is 0 Å². The number of anilines is 1. The number of carbonyl (C=O) groups is 3. The molecule has 0 radical (unpaired) electrons. The molecule has 0 saturated carbocycles. The third-order valence-electron chi connectivity index (χ3n) is 4.00. The van der Waals surface area contributed by atoms with Gasteiger partial charge in [0.25, 0.3) is 0 Å². The van der Waals surface area contributed by atoms with E-state index in [1.807, 2.05) is 42.5 Å². The Hall–Kier alpha value is -3.35. The Labute approximate surface area is 177 Å². The topological polar surface area (TPSA) is 96.5 Å². The first kappa shape index (κ1) is 22.9. The lowest BCUT2D eigenvalue weighted by Crippen LogP contribution is -2.37. The van der Waals surface area contributed by atoms with Crippen LogP contribution < -0.4 is 16.0 Å². The van der Waals surface area contributed by atoms with E-state index < -0.39 is 11.7 Å². The van der Waals surface area contributed by atoms with Crippen molar-refractivity contribution in [3.63, 3.8) is 0 Å². The molecule has 160 valence electrons. The fourth-order valence-electron chi connectivity index (χ4n) is 2.57. The lowest BCUT2D eigenvalue weighted by molar-refractivity contribution is -0.121. The van der Waals surface area contributed by atoms with Crippen molar-refractivity contribution in [2.24, 2.45) is 0 Å². The van der Waals surface area contributed by atoms with E-state index in [4.69, 9.17) is 4.74 Å². The third kappa shape index (κ3) is 9.23. The Bertz CT molecular complexity index is 843. The molecule has 0 spiro atoms. The van der Waals surface area contributed by atoms with Gasteiger partial charge in [-0.05, 0) is 50.5 Å². The number of benzene rings is 2. The highest BCUT2D eigenvalue weighted by Gasteiger charge is 2.16. The smallest absolute Gasteiger partial charge is 0.408 e. The van der Waals surface area contributed by atoms with Crippen LogP contribution in [0.4, 0.5) is 10.5 Å². The molecule has 0 bridgehead atoms. The maximum Gasteiger partial charge on any atom is 0.408 e. The average molecular weight is 412 g/mol. The first-order valence-electron chi connectivity index (χ1n) is 9.87. The summed E-state index contributed by atoms with van der Waals surface area (Å²) in [4.78, 5) is 35.5. The minimum atomic E-state index is -0.643. The van der Waals surface area contributed by atoms with Crippen LogP contribution in [0.2, 0.25) is 0 Å². The zero-order valence-corrected chi connectivity index (χ0v) is 17.7. The summed E-state index contributed by atoms with van der Waals surface area (Å²) < 4.78 is 5.08. The molecule has 0 atom stereocenters. The van der Waals surface area contributed by atoms with Gasteiger partial charge in [0.1, 0.15) is 12.1 Å². The zero-order valence-electron chi connectivity index (χ0n) is 17.7. The van der Waals surface area contributed by atoms with Gasteiger partial charge in [-0.15, -0.1) is 0 Å². The van der Waals surface area contributed by atoms with Gasteiger partial charge in [0.15, 0.2) is 0 Å². The van der Waals surface area contributed by atoms with Crippen LogP contribution >= 0.6 is 0 Å². The first-order chi connectivity index (χ1) is 14.2. The molecule has 0 aromatic heterocycles. The molecule has 0 aliphatic rings. The molecule has 0 unspecified atom stereocenters. The molecule has 0 saturated heterocycles. The predicted octanol–water partition coefficient (Wildman–Crippen LogP) is 3.40. The molecule has 2 rings (SSSR count). The van der Waals surface area contributed by atoms with Crippen LogP contribution in [0.1, 0.15) is 38.3 Å². The first-order valence-corrected chi connectivity index (χ1v) is 9.87. The molecule has 3 N–H and O–H groups in total. The standard InChI is InChI=1S/C23H29N3O4/c1-23(2,3)30-22(29)25-16-21(28)26-19-12-9-18(10-13-19)15-24-20(27)14-11-17-7-5-4-6-8-17/h4-10,12-13H,11,14-16H2,1-3H3,(H,24,27)(H,25,29)(H,26,28). The molecule has 7 heteroatoms. The average Bonchev–Trinajstić information content (AvgIpc) is 2.70. The highest BCUT2D eigenvalue weighted by molar-refractivity contribution is 5.93. The number of ether oxygens (including phenoxy) is 1. The highest BCUT2D eigenvalue weighted by Crippen LogP contribution is 2.10. The van der Waals surface area contributed by atoms with Crippen molar-refractivity contribution in [1.29, 1.82) is 0 Å². The number of amides is 3. The van der Waals surface area contributed by atoms with E-state index in [2.05, 4.69) is 16.0 Å². The van der Waals surface area contributed by atoms with Crippen LogP contribution in [-0.2, 0) is 27.3 Å². The molecule has 7 nitrogen and oxygen atoms in total. The van der Waals surface area contributed by atoms with E-state index in [1.165, 1.54) is 0 Å². The van der Waals surface area contributed by atoms with Gasteiger partial charge in [-0.3, -0.25) is 9.59 Å². The third-order valence-corrected chi connectivity index (χ3v) is 4.00. The van der Waals surface area contributed by atoms with E-state index in [-0.39, 0.29) is 18.4 Å². The summed E-state index contributed by atoms with van der Waals surface area (Å²) >= 11 is 0. The Morgan fingerprint density at radius 2 is 1.50 bits per heavy atom. The summed E-state index contributed by atoms with van der Waals surface area (Å²) in [6.07, 6.45) is 0.494. The van der Waals surface area contributed by atoms with Crippen molar-refractivity contribution in [3.05, 3.63) is 65.7 Å². The second-order valence-electron chi connectivity index (χ2n) is 7.86. The van der Waals surface area contributed by atoms with Crippen molar-refractivity contribution in [2.75, 3.05) is 11.9 Å². The highest BCUT2D eigenvalue weighted by atomic mass is 16.6. The molecule has 0 fully saturated rings. The summed E-state index contributed by atoms with van der Waals surface area (Å²) in [7, 11) is 0. The summed E-state index contributed by atoms with van der Waals surface area (Å²) in [5, 5.41) is 7.99. The lowest BCUT2D eigenvalue weighted by Gasteiger charge is -2.19. The number of hydrogen-bond acceptors (Lipinski definition) is 4. The number of hydrogen-bond donors (Lipinski definition) is 3. The lowest BCUT2D eigenvalue weighted by atomic mass is 10.1. The number of rotatable bonds is 8. The zero-order chi connectivity index (χ0) is 22.0. The molecular formula is C23H29N3O4.